The maximum absolute atomic E-state index is 13.4. The van der Waals surface area contributed by atoms with Crippen molar-refractivity contribution in [3.8, 4) is 28.7 Å². The number of rotatable bonds is 5. The summed E-state index contributed by atoms with van der Waals surface area (Å²) in [6, 6.07) is 6.95. The topological polar surface area (TPSA) is 161 Å². The van der Waals surface area contributed by atoms with Crippen molar-refractivity contribution < 1.29 is 62.7 Å². The number of methoxy groups -OCH3 is 2. The van der Waals surface area contributed by atoms with Crippen molar-refractivity contribution >= 4 is 5.97 Å². The molecule has 13 heteroatoms. The summed E-state index contributed by atoms with van der Waals surface area (Å²) in [6.45, 7) is 1.79. The lowest BCUT2D eigenvalue weighted by Gasteiger charge is -2.49. The molecule has 13 nitrogen and oxygen atoms in total. The molecule has 4 heterocycles. The van der Waals surface area contributed by atoms with E-state index in [1.54, 1.807) is 19.1 Å². The lowest BCUT2D eigenvalue weighted by Crippen LogP contribution is -2.63. The van der Waals surface area contributed by atoms with Crippen LogP contribution in [0.4, 0.5) is 0 Å². The first-order valence-corrected chi connectivity index (χ1v) is 13.8. The molecule has 0 radical (unpaired) electrons. The number of benzene rings is 2. The van der Waals surface area contributed by atoms with Gasteiger partial charge < -0.3 is 58.0 Å². The van der Waals surface area contributed by atoms with E-state index in [4.69, 9.17) is 42.6 Å². The Morgan fingerprint density at radius 1 is 0.976 bits per heavy atom. The number of phenols is 1. The van der Waals surface area contributed by atoms with Crippen molar-refractivity contribution in [3.63, 3.8) is 0 Å². The molecule has 0 aromatic heterocycles. The van der Waals surface area contributed by atoms with Crippen molar-refractivity contribution in [2.75, 3.05) is 34.2 Å². The first-order chi connectivity index (χ1) is 20.2. The quantitative estimate of drug-likeness (QED) is 0.433. The maximum atomic E-state index is 13.4. The molecule has 4 aliphatic heterocycles. The molecule has 2 aromatic rings. The van der Waals surface area contributed by atoms with Gasteiger partial charge in [0, 0.05) is 18.3 Å². The molecule has 0 amide bonds. The highest BCUT2D eigenvalue weighted by Crippen LogP contribution is 2.57. The molecule has 3 N–H and O–H groups in total. The van der Waals surface area contributed by atoms with Gasteiger partial charge in [0.25, 0.3) is 0 Å². The summed E-state index contributed by atoms with van der Waals surface area (Å²) in [6.07, 6.45) is -4.89. The Morgan fingerprint density at radius 2 is 1.67 bits per heavy atom. The summed E-state index contributed by atoms with van der Waals surface area (Å²) in [5, 5.41) is 32.6. The number of aliphatic hydroxyl groups is 2. The predicted octanol–water partition coefficient (Wildman–Crippen LogP) is 1.69. The van der Waals surface area contributed by atoms with Crippen LogP contribution in [0.15, 0.2) is 24.3 Å². The molecule has 226 valence electrons. The van der Waals surface area contributed by atoms with E-state index in [9.17, 15) is 20.1 Å². The first-order valence-electron chi connectivity index (χ1n) is 13.8. The van der Waals surface area contributed by atoms with Gasteiger partial charge in [0.05, 0.1) is 39.5 Å². The highest BCUT2D eigenvalue weighted by atomic mass is 16.8. The second-order valence-corrected chi connectivity index (χ2v) is 11.1. The van der Waals surface area contributed by atoms with Crippen LogP contribution in [0.5, 0.6) is 28.7 Å². The van der Waals surface area contributed by atoms with Crippen LogP contribution in [0.3, 0.4) is 0 Å². The predicted molar refractivity (Wildman–Crippen MR) is 138 cm³/mol. The van der Waals surface area contributed by atoms with Crippen LogP contribution in [0, 0.1) is 11.8 Å². The average molecular weight is 589 g/mol. The third kappa shape index (κ3) is 4.26. The largest absolute Gasteiger partial charge is 0.502 e. The number of aromatic hydroxyl groups is 1. The fraction of sp³-hybridized carbons (Fsp3) is 0.552. The van der Waals surface area contributed by atoms with Crippen LogP contribution < -0.4 is 18.9 Å². The van der Waals surface area contributed by atoms with E-state index >= 15 is 0 Å². The highest BCUT2D eigenvalue weighted by molar-refractivity contribution is 5.79. The van der Waals surface area contributed by atoms with E-state index in [2.05, 4.69) is 0 Å². The molecule has 0 saturated carbocycles. The average Bonchev–Trinajstić information content (AvgIpc) is 3.58. The van der Waals surface area contributed by atoms with E-state index in [-0.39, 0.29) is 43.7 Å². The monoisotopic (exact) mass is 588 g/mol. The van der Waals surface area contributed by atoms with Gasteiger partial charge in [0.15, 0.2) is 41.4 Å². The number of carbonyl (C=O) groups excluding carboxylic acids is 1. The van der Waals surface area contributed by atoms with E-state index in [0.717, 1.165) is 0 Å². The van der Waals surface area contributed by atoms with Gasteiger partial charge in [-0.3, -0.25) is 4.79 Å². The van der Waals surface area contributed by atoms with Gasteiger partial charge in [0.2, 0.25) is 12.5 Å². The number of carbonyl (C=O) groups is 1. The fourth-order valence-corrected chi connectivity index (χ4v) is 6.77. The van der Waals surface area contributed by atoms with Crippen molar-refractivity contribution in [1.29, 1.82) is 0 Å². The van der Waals surface area contributed by atoms with Gasteiger partial charge in [-0.15, -0.1) is 0 Å². The van der Waals surface area contributed by atoms with E-state index < -0.39 is 60.4 Å². The van der Waals surface area contributed by atoms with Gasteiger partial charge in [-0.1, -0.05) is 0 Å². The molecule has 0 spiro atoms. The number of ether oxygens (including phenoxy) is 9. The second-order valence-electron chi connectivity index (χ2n) is 11.1. The minimum atomic E-state index is -1.73. The van der Waals surface area contributed by atoms with Crippen LogP contribution in [0.1, 0.15) is 42.1 Å². The Hall–Kier alpha value is -3.33. The van der Waals surface area contributed by atoms with E-state index in [1.807, 2.05) is 12.1 Å². The number of aliphatic hydroxyl groups excluding tert-OH is 1. The Bertz CT molecular complexity index is 1370. The molecular weight excluding hydrogens is 556 g/mol. The van der Waals surface area contributed by atoms with Gasteiger partial charge >= 0.3 is 5.97 Å². The number of hydrogen-bond donors (Lipinski definition) is 3. The summed E-state index contributed by atoms with van der Waals surface area (Å²) >= 11 is 0. The Morgan fingerprint density at radius 3 is 2.36 bits per heavy atom. The Kier molecular flexibility index (Phi) is 6.64. The van der Waals surface area contributed by atoms with Crippen LogP contribution >= 0.6 is 0 Å². The van der Waals surface area contributed by atoms with Crippen LogP contribution in [0.25, 0.3) is 0 Å². The fourth-order valence-electron chi connectivity index (χ4n) is 6.77. The molecule has 7 rings (SSSR count). The van der Waals surface area contributed by atoms with Crippen molar-refractivity contribution in [2.45, 2.75) is 55.9 Å². The summed E-state index contributed by atoms with van der Waals surface area (Å²) < 4.78 is 51.4. The smallest absolute Gasteiger partial charge is 0.310 e. The molecule has 2 aromatic carbocycles. The molecule has 1 aliphatic carbocycles. The normalized spacial score (nSPS) is 36.5. The Balaban J connectivity index is 1.31. The number of esters is 1. The molecule has 5 aliphatic rings. The first kappa shape index (κ1) is 27.5. The molecular formula is C29H32O13. The molecule has 3 fully saturated rings. The number of fused-ring (bicyclic) bond motifs is 4. The zero-order valence-electron chi connectivity index (χ0n) is 23.2. The minimum absolute atomic E-state index is 0.0350. The van der Waals surface area contributed by atoms with Gasteiger partial charge in [-0.25, -0.2) is 0 Å². The highest BCUT2D eigenvalue weighted by Gasteiger charge is 2.57. The van der Waals surface area contributed by atoms with E-state index in [1.165, 1.54) is 14.2 Å². The lowest BCUT2D eigenvalue weighted by atomic mass is 9.66. The number of hydrogen-bond acceptors (Lipinski definition) is 13. The summed E-state index contributed by atoms with van der Waals surface area (Å²) in [5.41, 5.74) is 2.05. The molecule has 42 heavy (non-hydrogen) atoms. The van der Waals surface area contributed by atoms with Crippen molar-refractivity contribution in [2.24, 2.45) is 11.8 Å². The standard InChI is InChI=1S/C29H32O13/c1-12-36-10-22-29(33,42-12)8-17(30)28(40-22)41-26-15-7-19-18(38-11-39-19)6-14(15)23(24-16(26)9-37-27(24)32)13-4-20(34-2)25(31)21(5-13)35-3/h4-7,12,16-17,22-24,26,28,30-31,33H,8-11H2,1-3H3/t12-,16+,17-,22-,23-,24+,26-,28+,29+/m1/s1. The van der Waals surface area contributed by atoms with Gasteiger partial charge in [-0.2, -0.15) is 0 Å². The van der Waals surface area contributed by atoms with Crippen molar-refractivity contribution in [1.82, 2.24) is 0 Å². The molecule has 0 unspecified atom stereocenters. The second kappa shape index (κ2) is 10.1. The number of cyclic esters (lactones) is 1. The zero-order valence-corrected chi connectivity index (χ0v) is 23.2. The van der Waals surface area contributed by atoms with E-state index in [0.29, 0.717) is 28.2 Å². The summed E-state index contributed by atoms with van der Waals surface area (Å²) in [4.78, 5) is 13.4. The third-order valence-corrected chi connectivity index (χ3v) is 8.73. The van der Waals surface area contributed by atoms with Crippen LogP contribution in [0.2, 0.25) is 0 Å². The Labute approximate surface area is 240 Å². The number of phenolic OH excluding ortho intramolecular Hbond substituents is 1. The zero-order chi connectivity index (χ0) is 29.3. The van der Waals surface area contributed by atoms with Crippen LogP contribution in [-0.2, 0) is 28.5 Å². The van der Waals surface area contributed by atoms with Gasteiger partial charge in [0.1, 0.15) is 12.2 Å². The molecule has 3 saturated heterocycles. The van der Waals surface area contributed by atoms with Gasteiger partial charge in [-0.05, 0) is 47.9 Å². The van der Waals surface area contributed by atoms with Crippen LogP contribution in [-0.4, -0.2) is 86.1 Å². The van der Waals surface area contributed by atoms with Crippen molar-refractivity contribution in [3.05, 3.63) is 41.0 Å². The lowest BCUT2D eigenvalue weighted by molar-refractivity contribution is -0.425. The summed E-state index contributed by atoms with van der Waals surface area (Å²) in [5.74, 6) is -2.68. The maximum Gasteiger partial charge on any atom is 0.310 e. The SMILES string of the molecule is COc1cc([C@@H]2c3cc4c(cc3[C@@H](O[C@@H]3O[C@@H]5CO[C@@H](C)O[C@@]5(O)C[C@H]3O)[C@H]3COC(=O)[C@H]23)OCO4)cc(OC)c1O. The third-order valence-electron chi connectivity index (χ3n) is 8.73. The molecule has 9 atom stereocenters. The molecule has 0 bridgehead atoms. The summed E-state index contributed by atoms with van der Waals surface area (Å²) in [7, 11) is 2.86. The minimum Gasteiger partial charge on any atom is -0.502 e.